The summed E-state index contributed by atoms with van der Waals surface area (Å²) in [6.07, 6.45) is 0. The van der Waals surface area contributed by atoms with Gasteiger partial charge in [-0.05, 0) is 42.9 Å². The first kappa shape index (κ1) is 15.6. The molecular formula is C16H17ClFNO2. The Kier molecular flexibility index (Phi) is 5.84. The third kappa shape index (κ3) is 4.92. The highest BCUT2D eigenvalue weighted by Gasteiger charge is 2.03. The van der Waals surface area contributed by atoms with Crippen LogP contribution < -0.4 is 14.8 Å². The van der Waals surface area contributed by atoms with Gasteiger partial charge in [-0.2, -0.15) is 0 Å². The van der Waals surface area contributed by atoms with E-state index >= 15 is 0 Å². The second-order valence-electron chi connectivity index (χ2n) is 4.45. The minimum atomic E-state index is -0.384. The summed E-state index contributed by atoms with van der Waals surface area (Å²) < 4.78 is 23.9. The van der Waals surface area contributed by atoms with Crippen LogP contribution >= 0.6 is 11.6 Å². The average Bonchev–Trinajstić information content (AvgIpc) is 2.47. The van der Waals surface area contributed by atoms with Crippen LogP contribution in [0.5, 0.6) is 11.5 Å². The Labute approximate surface area is 128 Å². The van der Waals surface area contributed by atoms with Gasteiger partial charge in [0.15, 0.2) is 0 Å². The lowest BCUT2D eigenvalue weighted by Crippen LogP contribution is -2.09. The fourth-order valence-corrected chi connectivity index (χ4v) is 2.03. The third-order valence-corrected chi connectivity index (χ3v) is 3.10. The lowest BCUT2D eigenvalue weighted by atomic mass is 10.2. The second-order valence-corrected chi connectivity index (χ2v) is 4.85. The van der Waals surface area contributed by atoms with E-state index in [1.807, 2.05) is 31.3 Å². The largest absolute Gasteiger partial charge is 0.490 e. The summed E-state index contributed by atoms with van der Waals surface area (Å²) in [5.74, 6) is 0.847. The third-order valence-electron chi connectivity index (χ3n) is 2.81. The molecule has 0 atom stereocenters. The summed E-state index contributed by atoms with van der Waals surface area (Å²) in [6, 6.07) is 11.9. The van der Waals surface area contributed by atoms with Crippen LogP contribution in [0.2, 0.25) is 5.02 Å². The van der Waals surface area contributed by atoms with Gasteiger partial charge in [-0.1, -0.05) is 23.7 Å². The summed E-state index contributed by atoms with van der Waals surface area (Å²) in [5.41, 5.74) is 1.19. The van der Waals surface area contributed by atoms with Crippen LogP contribution in [0.25, 0.3) is 0 Å². The number of hydrogen-bond acceptors (Lipinski definition) is 3. The molecule has 0 bridgehead atoms. The van der Waals surface area contributed by atoms with Gasteiger partial charge in [0.1, 0.15) is 30.5 Å². The van der Waals surface area contributed by atoms with Crippen molar-refractivity contribution in [2.45, 2.75) is 6.54 Å². The summed E-state index contributed by atoms with van der Waals surface area (Å²) in [5, 5.41) is 3.34. The van der Waals surface area contributed by atoms with Crippen LogP contribution in [0.4, 0.5) is 4.39 Å². The molecule has 1 N–H and O–H groups in total. The van der Waals surface area contributed by atoms with E-state index in [1.54, 1.807) is 0 Å². The van der Waals surface area contributed by atoms with Gasteiger partial charge in [0.2, 0.25) is 0 Å². The summed E-state index contributed by atoms with van der Waals surface area (Å²) >= 11 is 5.86. The fraction of sp³-hybridized carbons (Fsp3) is 0.250. The maximum atomic E-state index is 12.9. The molecule has 0 radical (unpaired) electrons. The zero-order chi connectivity index (χ0) is 15.1. The smallest absolute Gasteiger partial charge is 0.138 e. The van der Waals surface area contributed by atoms with Crippen LogP contribution in [0, 0.1) is 5.82 Å². The van der Waals surface area contributed by atoms with Crippen LogP contribution in [-0.2, 0) is 6.54 Å². The van der Waals surface area contributed by atoms with Crippen LogP contribution in [-0.4, -0.2) is 20.3 Å². The maximum absolute atomic E-state index is 12.9. The van der Waals surface area contributed by atoms with Crippen LogP contribution in [0.15, 0.2) is 42.5 Å². The zero-order valence-corrected chi connectivity index (χ0v) is 12.5. The van der Waals surface area contributed by atoms with Crippen molar-refractivity contribution in [1.82, 2.24) is 5.32 Å². The van der Waals surface area contributed by atoms with E-state index in [9.17, 15) is 4.39 Å². The molecule has 0 fully saturated rings. The first-order chi connectivity index (χ1) is 10.2. The van der Waals surface area contributed by atoms with Crippen molar-refractivity contribution in [2.75, 3.05) is 20.3 Å². The Balaban J connectivity index is 1.76. The zero-order valence-electron chi connectivity index (χ0n) is 11.7. The van der Waals surface area contributed by atoms with Gasteiger partial charge >= 0.3 is 0 Å². The first-order valence-corrected chi connectivity index (χ1v) is 7.01. The van der Waals surface area contributed by atoms with E-state index in [2.05, 4.69) is 5.32 Å². The van der Waals surface area contributed by atoms with Crippen LogP contribution in [0.1, 0.15) is 5.56 Å². The molecule has 0 aliphatic carbocycles. The van der Waals surface area contributed by atoms with Crippen molar-refractivity contribution in [3.63, 3.8) is 0 Å². The van der Waals surface area contributed by atoms with Gasteiger partial charge in [0, 0.05) is 6.54 Å². The van der Waals surface area contributed by atoms with Crippen molar-refractivity contribution < 1.29 is 13.9 Å². The van der Waals surface area contributed by atoms with Gasteiger partial charge in [-0.3, -0.25) is 0 Å². The number of rotatable bonds is 7. The Morgan fingerprint density at radius 3 is 2.43 bits per heavy atom. The van der Waals surface area contributed by atoms with E-state index in [0.717, 1.165) is 12.3 Å². The summed E-state index contributed by atoms with van der Waals surface area (Å²) in [6.45, 7) is 1.55. The van der Waals surface area contributed by atoms with E-state index in [-0.39, 0.29) is 10.8 Å². The second kappa shape index (κ2) is 7.86. The van der Waals surface area contributed by atoms with E-state index in [0.29, 0.717) is 19.0 Å². The minimum absolute atomic E-state index is 0.256. The molecule has 0 saturated carbocycles. The highest BCUT2D eigenvalue weighted by Crippen LogP contribution is 2.24. The van der Waals surface area contributed by atoms with Crippen molar-refractivity contribution in [1.29, 1.82) is 0 Å². The normalized spacial score (nSPS) is 10.4. The van der Waals surface area contributed by atoms with Crippen molar-refractivity contribution >= 4 is 11.6 Å². The fourth-order valence-electron chi connectivity index (χ4n) is 1.81. The topological polar surface area (TPSA) is 30.5 Å². The molecule has 21 heavy (non-hydrogen) atoms. The lowest BCUT2D eigenvalue weighted by molar-refractivity contribution is 0.217. The van der Waals surface area contributed by atoms with Crippen molar-refractivity contribution in [3.05, 3.63) is 58.9 Å². The highest BCUT2D eigenvalue weighted by molar-refractivity contribution is 6.32. The van der Waals surface area contributed by atoms with Crippen molar-refractivity contribution in [2.24, 2.45) is 0 Å². The molecule has 0 amide bonds. The van der Waals surface area contributed by atoms with Gasteiger partial charge in [0.05, 0.1) is 5.02 Å². The molecule has 2 aromatic carbocycles. The Morgan fingerprint density at radius 1 is 1.05 bits per heavy atom. The maximum Gasteiger partial charge on any atom is 0.138 e. The number of hydrogen-bond donors (Lipinski definition) is 1. The molecular weight excluding hydrogens is 293 g/mol. The molecule has 0 unspecified atom stereocenters. The molecule has 5 heteroatoms. The molecule has 0 aliphatic rings. The molecule has 2 aromatic rings. The monoisotopic (exact) mass is 309 g/mol. The molecule has 0 spiro atoms. The number of halogens is 2. The highest BCUT2D eigenvalue weighted by atomic mass is 35.5. The minimum Gasteiger partial charge on any atom is -0.490 e. The average molecular weight is 310 g/mol. The van der Waals surface area contributed by atoms with Crippen molar-refractivity contribution in [3.8, 4) is 11.5 Å². The molecule has 0 aliphatic heterocycles. The van der Waals surface area contributed by atoms with Gasteiger partial charge < -0.3 is 14.8 Å². The lowest BCUT2D eigenvalue weighted by Gasteiger charge is -2.10. The molecule has 0 saturated heterocycles. The number of nitrogens with one attached hydrogen (secondary N) is 1. The van der Waals surface area contributed by atoms with Gasteiger partial charge in [0.25, 0.3) is 0 Å². The predicted molar refractivity (Wildman–Crippen MR) is 81.6 cm³/mol. The Morgan fingerprint density at radius 2 is 1.76 bits per heavy atom. The Bertz CT molecular complexity index is 575. The van der Waals surface area contributed by atoms with Gasteiger partial charge in [-0.15, -0.1) is 0 Å². The molecule has 0 aromatic heterocycles. The molecule has 112 valence electrons. The van der Waals surface area contributed by atoms with Gasteiger partial charge in [-0.25, -0.2) is 4.39 Å². The summed E-state index contributed by atoms with van der Waals surface area (Å²) in [4.78, 5) is 0. The SMILES string of the molecule is CNCc1ccc(OCCOc2ccc(F)cc2Cl)cc1. The number of benzene rings is 2. The molecule has 2 rings (SSSR count). The molecule has 3 nitrogen and oxygen atoms in total. The van der Waals surface area contributed by atoms with Crippen LogP contribution in [0.3, 0.4) is 0 Å². The Hall–Kier alpha value is -1.78. The standard InChI is InChI=1S/C16H17ClFNO2/c1-19-11-12-2-5-14(6-3-12)20-8-9-21-16-7-4-13(18)10-15(16)17/h2-7,10,19H,8-9,11H2,1H3. The van der Waals surface area contributed by atoms with E-state index < -0.39 is 0 Å². The van der Waals surface area contributed by atoms with E-state index in [4.69, 9.17) is 21.1 Å². The van der Waals surface area contributed by atoms with E-state index in [1.165, 1.54) is 23.8 Å². The number of ether oxygens (including phenoxy) is 2. The molecule has 0 heterocycles. The summed E-state index contributed by atoms with van der Waals surface area (Å²) in [7, 11) is 1.91. The first-order valence-electron chi connectivity index (χ1n) is 6.63. The quantitative estimate of drug-likeness (QED) is 0.792. The predicted octanol–water partition coefficient (Wildman–Crippen LogP) is 3.66.